The van der Waals surface area contributed by atoms with Crippen molar-refractivity contribution in [1.82, 2.24) is 20.0 Å². The third-order valence-electron chi connectivity index (χ3n) is 4.08. The molecule has 3 rings (SSSR count). The molecule has 11 heteroatoms. The summed E-state index contributed by atoms with van der Waals surface area (Å²) in [5, 5.41) is 7.69. The summed E-state index contributed by atoms with van der Waals surface area (Å²) >= 11 is 11.1. The molecule has 8 nitrogen and oxygen atoms in total. The minimum absolute atomic E-state index is 0.00124. The Morgan fingerprint density at radius 1 is 1.44 bits per heavy atom. The van der Waals surface area contributed by atoms with Gasteiger partial charge in [-0.3, -0.25) is 9.69 Å². The van der Waals surface area contributed by atoms with Crippen molar-refractivity contribution in [2.45, 2.75) is 19.1 Å². The van der Waals surface area contributed by atoms with Crippen LogP contribution < -0.4 is 5.32 Å². The van der Waals surface area contributed by atoms with Crippen LogP contribution in [-0.2, 0) is 21.3 Å². The van der Waals surface area contributed by atoms with Crippen molar-refractivity contribution in [3.8, 4) is 11.5 Å². The average Bonchev–Trinajstić information content (AvgIpc) is 3.10. The first kappa shape index (κ1) is 20.0. The summed E-state index contributed by atoms with van der Waals surface area (Å²) in [6, 6.07) is 6.70. The van der Waals surface area contributed by atoms with Gasteiger partial charge < -0.3 is 9.73 Å². The molecule has 1 fully saturated rings. The number of benzene rings is 1. The lowest BCUT2D eigenvalue weighted by Crippen LogP contribution is -2.42. The molecular formula is C16H19ClN4O4S2. The lowest BCUT2D eigenvalue weighted by atomic mass is 10.2. The molecule has 27 heavy (non-hydrogen) atoms. The normalized spacial score (nSPS) is 18.7. The Kier molecular flexibility index (Phi) is 5.99. The third kappa shape index (κ3) is 5.38. The fraction of sp³-hybridized carbons (Fsp3) is 0.438. The molecule has 0 aliphatic carbocycles. The number of carbonyl (C=O) groups excluding carboxylic acids is 1. The largest absolute Gasteiger partial charge is 0.409 e. The van der Waals surface area contributed by atoms with Crippen LogP contribution in [0, 0.1) is 4.84 Å². The first-order valence-electron chi connectivity index (χ1n) is 8.24. The molecule has 1 aliphatic heterocycles. The van der Waals surface area contributed by atoms with Gasteiger partial charge in [-0.2, -0.15) is 0 Å². The van der Waals surface area contributed by atoms with E-state index in [9.17, 15) is 13.2 Å². The van der Waals surface area contributed by atoms with E-state index in [1.54, 1.807) is 36.2 Å². The number of nitrogens with one attached hydrogen (secondary N) is 1. The molecule has 0 bridgehead atoms. The van der Waals surface area contributed by atoms with Crippen LogP contribution in [0.4, 0.5) is 0 Å². The van der Waals surface area contributed by atoms with Gasteiger partial charge in [0.15, 0.2) is 9.84 Å². The summed E-state index contributed by atoms with van der Waals surface area (Å²) in [6.45, 7) is 0.341. The summed E-state index contributed by atoms with van der Waals surface area (Å²) in [4.78, 5) is 14.0. The number of carbonyl (C=O) groups is 1. The SMILES string of the molecule is CN(CC(=O)NC1CCS(=O)(=O)C1)Cn1nc(-c2ccc(Cl)cc2)oc1=S. The minimum atomic E-state index is -3.03. The van der Waals surface area contributed by atoms with Crippen LogP contribution in [0.1, 0.15) is 6.42 Å². The molecule has 1 saturated heterocycles. The lowest BCUT2D eigenvalue weighted by molar-refractivity contribution is -0.122. The second-order valence-corrected chi connectivity index (χ2v) is 9.52. The maximum absolute atomic E-state index is 12.1. The number of aromatic nitrogens is 2. The van der Waals surface area contributed by atoms with Crippen molar-refractivity contribution in [3.05, 3.63) is 34.1 Å². The maximum Gasteiger partial charge on any atom is 0.288 e. The van der Waals surface area contributed by atoms with Gasteiger partial charge in [0.2, 0.25) is 11.8 Å². The van der Waals surface area contributed by atoms with E-state index in [0.29, 0.717) is 17.3 Å². The Labute approximate surface area is 167 Å². The van der Waals surface area contributed by atoms with Crippen LogP contribution in [-0.4, -0.2) is 60.1 Å². The van der Waals surface area contributed by atoms with Gasteiger partial charge in [0.05, 0.1) is 24.7 Å². The van der Waals surface area contributed by atoms with Gasteiger partial charge in [0.1, 0.15) is 0 Å². The van der Waals surface area contributed by atoms with E-state index >= 15 is 0 Å². The summed E-state index contributed by atoms with van der Waals surface area (Å²) in [5.41, 5.74) is 0.743. The van der Waals surface area contributed by atoms with Gasteiger partial charge in [-0.25, -0.2) is 13.1 Å². The molecule has 1 aromatic carbocycles. The van der Waals surface area contributed by atoms with Crippen molar-refractivity contribution < 1.29 is 17.6 Å². The molecule has 1 unspecified atom stereocenters. The topological polar surface area (TPSA) is 97.4 Å². The molecule has 0 saturated carbocycles. The van der Waals surface area contributed by atoms with E-state index in [0.717, 1.165) is 5.56 Å². The van der Waals surface area contributed by atoms with Gasteiger partial charge >= 0.3 is 0 Å². The highest BCUT2D eigenvalue weighted by atomic mass is 35.5. The average molecular weight is 431 g/mol. The molecule has 1 aromatic heterocycles. The predicted molar refractivity (Wildman–Crippen MR) is 104 cm³/mol. The van der Waals surface area contributed by atoms with Crippen LogP contribution >= 0.6 is 23.8 Å². The van der Waals surface area contributed by atoms with E-state index in [-0.39, 0.29) is 41.5 Å². The second kappa shape index (κ2) is 8.09. The van der Waals surface area contributed by atoms with Gasteiger partial charge in [-0.05, 0) is 50.0 Å². The fourth-order valence-electron chi connectivity index (χ4n) is 2.81. The smallest absolute Gasteiger partial charge is 0.288 e. The highest BCUT2D eigenvalue weighted by Gasteiger charge is 2.29. The Morgan fingerprint density at radius 3 is 2.78 bits per heavy atom. The highest BCUT2D eigenvalue weighted by Crippen LogP contribution is 2.20. The van der Waals surface area contributed by atoms with Crippen LogP contribution in [0.15, 0.2) is 28.7 Å². The van der Waals surface area contributed by atoms with Gasteiger partial charge in [0.25, 0.3) is 4.84 Å². The summed E-state index contributed by atoms with van der Waals surface area (Å²) < 4.78 is 29.9. The molecule has 1 amide bonds. The van der Waals surface area contributed by atoms with E-state index < -0.39 is 9.84 Å². The van der Waals surface area contributed by atoms with Crippen LogP contribution in [0.25, 0.3) is 11.5 Å². The maximum atomic E-state index is 12.1. The number of hydrogen-bond donors (Lipinski definition) is 1. The van der Waals surface area contributed by atoms with E-state index in [1.807, 2.05) is 0 Å². The van der Waals surface area contributed by atoms with Gasteiger partial charge in [-0.15, -0.1) is 5.10 Å². The van der Waals surface area contributed by atoms with Crippen molar-refractivity contribution >= 4 is 39.6 Å². The molecule has 2 heterocycles. The van der Waals surface area contributed by atoms with Crippen LogP contribution in [0.5, 0.6) is 0 Å². The Morgan fingerprint density at radius 2 is 2.15 bits per heavy atom. The minimum Gasteiger partial charge on any atom is -0.409 e. The first-order valence-corrected chi connectivity index (χ1v) is 10.8. The molecule has 0 spiro atoms. The van der Waals surface area contributed by atoms with Crippen molar-refractivity contribution in [2.24, 2.45) is 0 Å². The summed E-state index contributed by atoms with van der Waals surface area (Å²) in [7, 11) is -1.29. The van der Waals surface area contributed by atoms with Crippen LogP contribution in [0.2, 0.25) is 5.02 Å². The molecule has 1 atom stereocenters. The number of halogens is 1. The fourth-order valence-corrected chi connectivity index (χ4v) is 4.79. The number of amides is 1. The number of hydrogen-bond acceptors (Lipinski definition) is 7. The quantitative estimate of drug-likeness (QED) is 0.696. The Hall–Kier alpha value is -1.75. The van der Waals surface area contributed by atoms with E-state index in [1.165, 1.54) is 4.68 Å². The molecule has 0 radical (unpaired) electrons. The lowest BCUT2D eigenvalue weighted by Gasteiger charge is -2.17. The molecular weight excluding hydrogens is 412 g/mol. The Bertz CT molecular complexity index is 985. The zero-order valence-corrected chi connectivity index (χ0v) is 17.0. The first-order chi connectivity index (χ1) is 12.7. The van der Waals surface area contributed by atoms with Gasteiger partial charge in [0, 0.05) is 16.6 Å². The molecule has 1 N–H and O–H groups in total. The third-order valence-corrected chi connectivity index (χ3v) is 6.40. The zero-order valence-electron chi connectivity index (χ0n) is 14.6. The van der Waals surface area contributed by atoms with Crippen LogP contribution in [0.3, 0.4) is 0 Å². The van der Waals surface area contributed by atoms with Gasteiger partial charge in [-0.1, -0.05) is 11.6 Å². The summed E-state index contributed by atoms with van der Waals surface area (Å²) in [5.74, 6) is 0.245. The monoisotopic (exact) mass is 430 g/mol. The van der Waals surface area contributed by atoms with Crippen molar-refractivity contribution in [1.29, 1.82) is 0 Å². The number of rotatable bonds is 6. The van der Waals surface area contributed by atoms with E-state index in [2.05, 4.69) is 10.4 Å². The number of likely N-dealkylation sites (N-methyl/N-ethyl adjacent to an activating group) is 1. The van der Waals surface area contributed by atoms with E-state index in [4.69, 9.17) is 28.2 Å². The number of nitrogens with zero attached hydrogens (tertiary/aromatic N) is 3. The van der Waals surface area contributed by atoms with Crippen molar-refractivity contribution in [3.63, 3.8) is 0 Å². The molecule has 2 aromatic rings. The molecule has 1 aliphatic rings. The molecule has 146 valence electrons. The number of sulfone groups is 1. The summed E-state index contributed by atoms with van der Waals surface area (Å²) in [6.07, 6.45) is 0.455. The van der Waals surface area contributed by atoms with Crippen molar-refractivity contribution in [2.75, 3.05) is 25.1 Å². The predicted octanol–water partition coefficient (Wildman–Crippen LogP) is 1.72. The second-order valence-electron chi connectivity index (χ2n) is 6.50. The zero-order chi connectivity index (χ0) is 19.6. The highest BCUT2D eigenvalue weighted by molar-refractivity contribution is 7.91. The standard InChI is InChI=1S/C16H19ClN4O4S2/c1-20(8-14(22)18-13-6-7-27(23,24)9-13)10-21-16(26)25-15(19-21)11-2-4-12(17)5-3-11/h2-5,13H,6-10H2,1H3,(H,18,22). The Balaban J connectivity index is 1.58.